The predicted molar refractivity (Wildman–Crippen MR) is 120 cm³/mol. The number of carbonyl (C=O) groups is 2. The van der Waals surface area contributed by atoms with Gasteiger partial charge in [-0.3, -0.25) is 9.59 Å². The lowest BCUT2D eigenvalue weighted by Gasteiger charge is -2.37. The maximum absolute atomic E-state index is 12.6. The largest absolute Gasteiger partial charge is 0.483 e. The molecule has 4 rings (SSSR count). The molecule has 0 bridgehead atoms. The van der Waals surface area contributed by atoms with E-state index in [2.05, 4.69) is 39.9 Å². The Bertz CT molecular complexity index is 749. The lowest BCUT2D eigenvalue weighted by Crippen LogP contribution is -2.38. The number of amides is 1. The Balaban J connectivity index is 0.000000913. The number of rotatable bonds is 8. The number of hydrogen-bond acceptors (Lipinski definition) is 6. The highest BCUT2D eigenvalue weighted by Gasteiger charge is 2.45. The number of likely N-dealkylation sites (N-methyl/N-ethyl adjacent to an activating group) is 1. The summed E-state index contributed by atoms with van der Waals surface area (Å²) in [5, 5.41) is 15.8. The van der Waals surface area contributed by atoms with E-state index in [1.165, 1.54) is 12.8 Å². The van der Waals surface area contributed by atoms with Gasteiger partial charge in [0, 0.05) is 25.9 Å². The quantitative estimate of drug-likeness (QED) is 0.605. The van der Waals surface area contributed by atoms with Gasteiger partial charge in [0.1, 0.15) is 0 Å². The smallest absolute Gasteiger partial charge is 0.290 e. The van der Waals surface area contributed by atoms with Crippen LogP contribution in [-0.2, 0) is 20.7 Å². The number of likely N-dealkylation sites (tertiary alicyclic amines) is 1. The van der Waals surface area contributed by atoms with Crippen LogP contribution in [-0.4, -0.2) is 88.7 Å². The van der Waals surface area contributed by atoms with Gasteiger partial charge in [-0.15, -0.1) is 5.10 Å². The third-order valence-corrected chi connectivity index (χ3v) is 6.65. The molecule has 0 spiro atoms. The van der Waals surface area contributed by atoms with Crippen LogP contribution in [0.2, 0.25) is 0 Å². The first-order valence-corrected chi connectivity index (χ1v) is 11.8. The van der Waals surface area contributed by atoms with Crippen LogP contribution >= 0.6 is 0 Å². The van der Waals surface area contributed by atoms with E-state index in [0.29, 0.717) is 24.3 Å². The van der Waals surface area contributed by atoms with E-state index >= 15 is 0 Å². The van der Waals surface area contributed by atoms with Crippen molar-refractivity contribution >= 4 is 12.4 Å². The highest BCUT2D eigenvalue weighted by Crippen LogP contribution is 2.43. The third kappa shape index (κ3) is 6.75. The van der Waals surface area contributed by atoms with Crippen molar-refractivity contribution in [1.82, 2.24) is 24.8 Å². The molecule has 32 heavy (non-hydrogen) atoms. The van der Waals surface area contributed by atoms with Gasteiger partial charge in [-0.25, -0.2) is 4.68 Å². The van der Waals surface area contributed by atoms with E-state index in [4.69, 9.17) is 14.6 Å². The minimum Gasteiger partial charge on any atom is -0.483 e. The molecule has 0 radical (unpaired) electrons. The second-order valence-electron chi connectivity index (χ2n) is 10.3. The van der Waals surface area contributed by atoms with Crippen molar-refractivity contribution in [2.75, 3.05) is 40.3 Å². The lowest BCUT2D eigenvalue weighted by molar-refractivity contribution is -0.131. The van der Waals surface area contributed by atoms with Gasteiger partial charge in [0.15, 0.2) is 0 Å². The molecule has 1 aliphatic heterocycles. The maximum Gasteiger partial charge on any atom is 0.290 e. The van der Waals surface area contributed by atoms with Gasteiger partial charge in [-0.2, -0.15) is 0 Å². The molecule has 180 valence electrons. The standard InChI is InChI=1S/C22H37N5O2.CH2O2/c1-15(2)7-19-12-27(24-23-19)20-8-17-10-26(22(28)13-25(3)4)11-18(17)9-21(20)29-14-16-5-6-16;2-1-3/h12,15-18,20-21H,5-11,13-14H2,1-4H3;1H,(H,2,3)/t17-,18+,20-,21-;/m1./s1. The molecule has 1 aromatic heterocycles. The van der Waals surface area contributed by atoms with Crippen LogP contribution < -0.4 is 0 Å². The van der Waals surface area contributed by atoms with Crippen LogP contribution in [0.25, 0.3) is 0 Å². The molecule has 1 aromatic rings. The maximum atomic E-state index is 12.6. The van der Waals surface area contributed by atoms with Crippen LogP contribution in [0.3, 0.4) is 0 Å². The molecule has 3 fully saturated rings. The van der Waals surface area contributed by atoms with Gasteiger partial charge in [-0.1, -0.05) is 19.1 Å². The van der Waals surface area contributed by atoms with Crippen molar-refractivity contribution in [2.24, 2.45) is 23.7 Å². The highest BCUT2D eigenvalue weighted by molar-refractivity contribution is 5.78. The molecule has 0 aromatic carbocycles. The lowest BCUT2D eigenvalue weighted by atomic mass is 9.77. The minimum absolute atomic E-state index is 0.175. The van der Waals surface area contributed by atoms with Crippen molar-refractivity contribution in [3.05, 3.63) is 11.9 Å². The molecule has 4 atom stereocenters. The van der Waals surface area contributed by atoms with Crippen molar-refractivity contribution in [2.45, 2.75) is 58.1 Å². The average Bonchev–Trinajstić information content (AvgIpc) is 3.27. The fraction of sp³-hybridized carbons (Fsp3) is 0.826. The van der Waals surface area contributed by atoms with Crippen LogP contribution in [0, 0.1) is 23.7 Å². The van der Waals surface area contributed by atoms with Gasteiger partial charge < -0.3 is 19.6 Å². The van der Waals surface area contributed by atoms with Gasteiger partial charge in [0.25, 0.3) is 6.47 Å². The zero-order valence-corrected chi connectivity index (χ0v) is 19.9. The fourth-order valence-corrected chi connectivity index (χ4v) is 4.95. The second-order valence-corrected chi connectivity index (χ2v) is 10.3. The van der Waals surface area contributed by atoms with Crippen LogP contribution in [0.1, 0.15) is 51.3 Å². The van der Waals surface area contributed by atoms with Crippen LogP contribution in [0.4, 0.5) is 0 Å². The predicted octanol–water partition coefficient (Wildman–Crippen LogP) is 1.94. The topological polar surface area (TPSA) is 101 Å². The van der Waals surface area contributed by atoms with Crippen LogP contribution in [0.15, 0.2) is 6.20 Å². The van der Waals surface area contributed by atoms with E-state index in [1.807, 2.05) is 19.0 Å². The van der Waals surface area contributed by atoms with E-state index in [-0.39, 0.29) is 24.5 Å². The molecular weight excluding hydrogens is 410 g/mol. The van der Waals surface area contributed by atoms with Crippen molar-refractivity contribution in [3.63, 3.8) is 0 Å². The molecule has 2 aliphatic carbocycles. The second kappa shape index (κ2) is 11.2. The molecule has 2 heterocycles. The first-order valence-electron chi connectivity index (χ1n) is 11.8. The van der Waals surface area contributed by atoms with E-state index in [1.54, 1.807) is 0 Å². The van der Waals surface area contributed by atoms with Crippen molar-refractivity contribution < 1.29 is 19.4 Å². The van der Waals surface area contributed by atoms with Gasteiger partial charge in [-0.05, 0) is 69.9 Å². The summed E-state index contributed by atoms with van der Waals surface area (Å²) in [5.41, 5.74) is 1.07. The van der Waals surface area contributed by atoms with Gasteiger partial charge in [0.2, 0.25) is 5.91 Å². The molecule has 9 heteroatoms. The van der Waals surface area contributed by atoms with Crippen LogP contribution in [0.5, 0.6) is 0 Å². The number of ether oxygens (including phenoxy) is 1. The summed E-state index contributed by atoms with van der Waals surface area (Å²) < 4.78 is 8.50. The summed E-state index contributed by atoms with van der Waals surface area (Å²) in [5.74, 6) is 2.65. The summed E-state index contributed by atoms with van der Waals surface area (Å²) in [6, 6.07) is 0.229. The Morgan fingerprint density at radius 2 is 1.94 bits per heavy atom. The van der Waals surface area contributed by atoms with E-state index in [9.17, 15) is 4.79 Å². The molecular formula is C23H39N5O4. The normalized spacial score (nSPS) is 27.2. The third-order valence-electron chi connectivity index (χ3n) is 6.65. The Kier molecular flexibility index (Phi) is 8.64. The zero-order chi connectivity index (χ0) is 23.3. The number of fused-ring (bicyclic) bond motifs is 1. The number of aromatic nitrogens is 3. The molecule has 2 saturated carbocycles. The average molecular weight is 450 g/mol. The Hall–Kier alpha value is -2.00. The first-order chi connectivity index (χ1) is 15.3. The summed E-state index contributed by atoms with van der Waals surface area (Å²) in [7, 11) is 3.91. The summed E-state index contributed by atoms with van der Waals surface area (Å²) >= 11 is 0. The molecule has 9 nitrogen and oxygen atoms in total. The molecule has 0 unspecified atom stereocenters. The van der Waals surface area contributed by atoms with Crippen molar-refractivity contribution in [3.8, 4) is 0 Å². The summed E-state index contributed by atoms with van der Waals surface area (Å²) in [6.07, 6.45) is 7.91. The van der Waals surface area contributed by atoms with Gasteiger partial charge in [0.05, 0.1) is 24.4 Å². The number of carbonyl (C=O) groups excluding carboxylic acids is 1. The zero-order valence-electron chi connectivity index (χ0n) is 19.9. The number of nitrogens with zero attached hydrogens (tertiary/aromatic N) is 5. The fourth-order valence-electron chi connectivity index (χ4n) is 4.95. The van der Waals surface area contributed by atoms with E-state index in [0.717, 1.165) is 50.6 Å². The number of carboxylic acid groups (broad SMARTS) is 1. The SMILES string of the molecule is CC(C)Cc1cn([C@@H]2C[C@@H]3CN(C(=O)CN(C)C)C[C@@H]3C[C@H]2OCC2CC2)nn1.O=CO. The number of hydrogen-bond donors (Lipinski definition) is 1. The highest BCUT2D eigenvalue weighted by atomic mass is 16.5. The Morgan fingerprint density at radius 3 is 2.53 bits per heavy atom. The van der Waals surface area contributed by atoms with Crippen molar-refractivity contribution in [1.29, 1.82) is 0 Å². The molecule has 1 N–H and O–H groups in total. The Morgan fingerprint density at radius 1 is 1.28 bits per heavy atom. The molecule has 1 saturated heterocycles. The summed E-state index contributed by atoms with van der Waals surface area (Å²) in [4.78, 5) is 25.0. The van der Waals surface area contributed by atoms with Gasteiger partial charge >= 0.3 is 0 Å². The molecule has 3 aliphatic rings. The minimum atomic E-state index is -0.250. The Labute approximate surface area is 191 Å². The summed E-state index contributed by atoms with van der Waals surface area (Å²) in [6.45, 7) is 7.29. The van der Waals surface area contributed by atoms with E-state index < -0.39 is 0 Å². The monoisotopic (exact) mass is 449 g/mol. The first kappa shape index (κ1) is 24.6. The molecule has 1 amide bonds.